The lowest BCUT2D eigenvalue weighted by Crippen LogP contribution is -2.35. The summed E-state index contributed by atoms with van der Waals surface area (Å²) in [6, 6.07) is 29.3. The molecule has 3 aromatic rings. The Kier molecular flexibility index (Phi) is 4.06. The summed E-state index contributed by atoms with van der Waals surface area (Å²) in [5, 5.41) is 0. The second kappa shape index (κ2) is 6.53. The molecule has 0 atom stereocenters. The van der Waals surface area contributed by atoms with Crippen molar-refractivity contribution in [3.63, 3.8) is 0 Å². The van der Waals surface area contributed by atoms with Crippen molar-refractivity contribution in [1.82, 2.24) is 0 Å². The predicted octanol–water partition coefficient (Wildman–Crippen LogP) is 6.04. The molecule has 0 aliphatic carbocycles. The number of allylic oxidation sites excluding steroid dienone is 3. The van der Waals surface area contributed by atoms with E-state index in [0.717, 1.165) is 22.6 Å². The summed E-state index contributed by atoms with van der Waals surface area (Å²) in [7, 11) is 0. The molecule has 126 valence electrons. The average molecular weight is 336 g/mol. The summed E-state index contributed by atoms with van der Waals surface area (Å²) in [4.78, 5) is 0. The second-order valence-electron chi connectivity index (χ2n) is 6.27. The van der Waals surface area contributed by atoms with E-state index in [2.05, 4.69) is 73.8 Å². The molecule has 0 unspecified atom stereocenters. The van der Waals surface area contributed by atoms with Gasteiger partial charge in [0, 0.05) is 11.1 Å². The van der Waals surface area contributed by atoms with Crippen LogP contribution >= 0.6 is 0 Å². The van der Waals surface area contributed by atoms with Crippen molar-refractivity contribution in [3.8, 4) is 5.75 Å². The predicted molar refractivity (Wildman–Crippen MR) is 107 cm³/mol. The van der Waals surface area contributed by atoms with E-state index in [9.17, 15) is 0 Å². The van der Waals surface area contributed by atoms with Gasteiger partial charge in [-0.2, -0.15) is 0 Å². The Hall–Kier alpha value is -3.32. The molecule has 1 nitrogen and oxygen atoms in total. The van der Waals surface area contributed by atoms with Gasteiger partial charge in [0.05, 0.1) is 5.41 Å². The van der Waals surface area contributed by atoms with Crippen LogP contribution in [0, 0.1) is 0 Å². The van der Waals surface area contributed by atoms with Gasteiger partial charge in [-0.3, -0.25) is 0 Å². The summed E-state index contributed by atoms with van der Waals surface area (Å²) >= 11 is 0. The van der Waals surface area contributed by atoms with E-state index in [1.807, 2.05) is 30.3 Å². The van der Waals surface area contributed by atoms with Gasteiger partial charge in [-0.05, 0) is 23.3 Å². The molecule has 0 amide bonds. The maximum Gasteiger partial charge on any atom is 0.132 e. The van der Waals surface area contributed by atoms with Crippen molar-refractivity contribution < 1.29 is 4.74 Å². The van der Waals surface area contributed by atoms with E-state index in [0.29, 0.717) is 0 Å². The third-order valence-electron chi connectivity index (χ3n) is 4.98. The first kappa shape index (κ1) is 16.2. The summed E-state index contributed by atoms with van der Waals surface area (Å²) in [6.45, 7) is 8.09. The molecular weight excluding hydrogens is 316 g/mol. The topological polar surface area (TPSA) is 9.23 Å². The standard InChI is InChI=1S/C25H20O/c1-3-21-23(4-2)26-24-18-12-11-17-22(24)25(21,19-13-7-5-8-14-19)20-15-9-6-10-16-20/h3-18H,1-2H2. The van der Waals surface area contributed by atoms with Crippen molar-refractivity contribution >= 4 is 0 Å². The quantitative estimate of drug-likeness (QED) is 0.564. The fourth-order valence-corrected chi connectivity index (χ4v) is 3.94. The highest BCUT2D eigenvalue weighted by Crippen LogP contribution is 2.52. The van der Waals surface area contributed by atoms with Crippen LogP contribution in [0.2, 0.25) is 0 Å². The maximum atomic E-state index is 6.17. The lowest BCUT2D eigenvalue weighted by atomic mass is 9.63. The average Bonchev–Trinajstić information content (AvgIpc) is 2.73. The van der Waals surface area contributed by atoms with Gasteiger partial charge >= 0.3 is 0 Å². The molecule has 0 radical (unpaired) electrons. The van der Waals surface area contributed by atoms with Crippen LogP contribution in [0.1, 0.15) is 16.7 Å². The molecule has 0 saturated heterocycles. The van der Waals surface area contributed by atoms with Gasteiger partial charge in [-0.1, -0.05) is 98.1 Å². The van der Waals surface area contributed by atoms with E-state index in [-0.39, 0.29) is 0 Å². The zero-order chi connectivity index (χ0) is 18.0. The molecule has 26 heavy (non-hydrogen) atoms. The lowest BCUT2D eigenvalue weighted by molar-refractivity contribution is 0.402. The maximum absolute atomic E-state index is 6.17. The minimum Gasteiger partial charge on any atom is -0.457 e. The number of rotatable bonds is 4. The smallest absolute Gasteiger partial charge is 0.132 e. The first-order chi connectivity index (χ1) is 12.8. The molecule has 0 saturated carbocycles. The van der Waals surface area contributed by atoms with Gasteiger partial charge in [0.1, 0.15) is 11.5 Å². The van der Waals surface area contributed by atoms with E-state index in [1.165, 1.54) is 11.1 Å². The normalized spacial score (nSPS) is 14.9. The van der Waals surface area contributed by atoms with E-state index >= 15 is 0 Å². The van der Waals surface area contributed by atoms with Crippen molar-refractivity contribution in [2.75, 3.05) is 0 Å². The van der Waals surface area contributed by atoms with Crippen LogP contribution in [-0.4, -0.2) is 0 Å². The van der Waals surface area contributed by atoms with E-state index in [4.69, 9.17) is 4.74 Å². The van der Waals surface area contributed by atoms with Crippen LogP contribution in [0.25, 0.3) is 0 Å². The molecular formula is C25H20O. The Morgan fingerprint density at radius 2 is 1.19 bits per heavy atom. The molecule has 3 aromatic carbocycles. The number of hydrogen-bond acceptors (Lipinski definition) is 1. The fourth-order valence-electron chi connectivity index (χ4n) is 3.94. The van der Waals surface area contributed by atoms with E-state index in [1.54, 1.807) is 6.08 Å². The minimum absolute atomic E-state index is 0.497. The Bertz CT molecular complexity index is 941. The molecule has 0 N–H and O–H groups in total. The summed E-state index contributed by atoms with van der Waals surface area (Å²) in [5.41, 5.74) is 3.97. The van der Waals surface area contributed by atoms with E-state index < -0.39 is 5.41 Å². The number of ether oxygens (including phenoxy) is 1. The SMILES string of the molecule is C=CC1=C(C=C)C(c2ccccc2)(c2ccccc2)c2ccccc2O1. The first-order valence-corrected chi connectivity index (χ1v) is 8.70. The van der Waals surface area contributed by atoms with Crippen molar-refractivity contribution in [2.24, 2.45) is 0 Å². The molecule has 4 rings (SSSR count). The molecule has 0 spiro atoms. The zero-order valence-corrected chi connectivity index (χ0v) is 14.6. The van der Waals surface area contributed by atoms with Gasteiger partial charge in [0.15, 0.2) is 0 Å². The molecule has 1 heteroatoms. The molecule has 1 aliphatic heterocycles. The third kappa shape index (κ3) is 2.25. The number of para-hydroxylation sites is 1. The van der Waals surface area contributed by atoms with Gasteiger partial charge in [0.25, 0.3) is 0 Å². The van der Waals surface area contributed by atoms with Gasteiger partial charge in [-0.25, -0.2) is 0 Å². The van der Waals surface area contributed by atoms with Crippen LogP contribution in [0.5, 0.6) is 5.75 Å². The van der Waals surface area contributed by atoms with Crippen LogP contribution in [0.3, 0.4) is 0 Å². The van der Waals surface area contributed by atoms with Crippen LogP contribution in [0.4, 0.5) is 0 Å². The summed E-state index contributed by atoms with van der Waals surface area (Å²) in [6.07, 6.45) is 3.67. The molecule has 1 aliphatic rings. The highest BCUT2D eigenvalue weighted by atomic mass is 16.5. The van der Waals surface area contributed by atoms with Crippen LogP contribution < -0.4 is 4.74 Å². The largest absolute Gasteiger partial charge is 0.457 e. The molecule has 1 heterocycles. The monoisotopic (exact) mass is 336 g/mol. The Balaban J connectivity index is 2.20. The van der Waals surface area contributed by atoms with Gasteiger partial charge < -0.3 is 4.74 Å². The Morgan fingerprint density at radius 1 is 0.654 bits per heavy atom. The van der Waals surface area contributed by atoms with Gasteiger partial charge in [-0.15, -0.1) is 0 Å². The first-order valence-electron chi connectivity index (χ1n) is 8.70. The summed E-state index contributed by atoms with van der Waals surface area (Å²) < 4.78 is 6.17. The summed E-state index contributed by atoms with van der Waals surface area (Å²) in [5.74, 6) is 1.59. The molecule has 0 bridgehead atoms. The number of hydrogen-bond donors (Lipinski definition) is 0. The zero-order valence-electron chi connectivity index (χ0n) is 14.6. The Morgan fingerprint density at radius 3 is 1.73 bits per heavy atom. The minimum atomic E-state index is -0.497. The lowest BCUT2D eigenvalue weighted by Gasteiger charge is -2.41. The van der Waals surface area contributed by atoms with Crippen LogP contribution in [0.15, 0.2) is 122 Å². The van der Waals surface area contributed by atoms with Crippen LogP contribution in [-0.2, 0) is 5.41 Å². The third-order valence-corrected chi connectivity index (χ3v) is 4.98. The second-order valence-corrected chi connectivity index (χ2v) is 6.27. The van der Waals surface area contributed by atoms with Crippen molar-refractivity contribution in [2.45, 2.75) is 5.41 Å². The number of fused-ring (bicyclic) bond motifs is 1. The van der Waals surface area contributed by atoms with Crippen molar-refractivity contribution in [1.29, 1.82) is 0 Å². The van der Waals surface area contributed by atoms with Gasteiger partial charge in [0.2, 0.25) is 0 Å². The highest BCUT2D eigenvalue weighted by Gasteiger charge is 2.45. The molecule has 0 aromatic heterocycles. The molecule has 0 fully saturated rings. The Labute approximate surface area is 154 Å². The number of benzene rings is 3. The van der Waals surface area contributed by atoms with Crippen molar-refractivity contribution in [3.05, 3.63) is 138 Å². The highest BCUT2D eigenvalue weighted by molar-refractivity contribution is 5.67. The fraction of sp³-hybridized carbons (Fsp3) is 0.0400.